The number of esters is 1. The molecule has 1 fully saturated rings. The van der Waals surface area contributed by atoms with Crippen molar-refractivity contribution in [2.75, 3.05) is 26.9 Å². The number of carbonyl (C=O) groups excluding carboxylic acids is 1. The van der Waals surface area contributed by atoms with Crippen LogP contribution in [0.1, 0.15) is 32.3 Å². The predicted molar refractivity (Wildman–Crippen MR) is 129 cm³/mol. The zero-order chi connectivity index (χ0) is 25.2. The fraction of sp³-hybridized carbons (Fsp3) is 0.500. The number of azide groups is 1. The van der Waals surface area contributed by atoms with E-state index in [0.29, 0.717) is 25.4 Å². The van der Waals surface area contributed by atoms with Gasteiger partial charge in [-0.2, -0.15) is 0 Å². The van der Waals surface area contributed by atoms with E-state index in [1.54, 1.807) is 19.2 Å². The molecule has 0 bridgehead atoms. The van der Waals surface area contributed by atoms with Crippen molar-refractivity contribution in [3.8, 4) is 16.9 Å². The summed E-state index contributed by atoms with van der Waals surface area (Å²) in [5, 5.41) is 3.81. The van der Waals surface area contributed by atoms with Gasteiger partial charge in [0.15, 0.2) is 0 Å². The number of rotatable bonds is 13. The van der Waals surface area contributed by atoms with Crippen LogP contribution in [0.15, 0.2) is 47.6 Å². The van der Waals surface area contributed by atoms with Gasteiger partial charge in [0.25, 0.3) is 0 Å². The highest BCUT2D eigenvalue weighted by atomic mass is 19.1. The first-order valence-corrected chi connectivity index (χ1v) is 11.8. The van der Waals surface area contributed by atoms with E-state index in [9.17, 15) is 9.18 Å². The van der Waals surface area contributed by atoms with Crippen molar-refractivity contribution in [1.29, 1.82) is 0 Å². The van der Waals surface area contributed by atoms with Gasteiger partial charge in [-0.15, -0.1) is 0 Å². The number of benzene rings is 2. The molecule has 3 unspecified atom stereocenters. The van der Waals surface area contributed by atoms with E-state index in [-0.39, 0.29) is 36.8 Å². The Labute approximate surface area is 205 Å². The van der Waals surface area contributed by atoms with Crippen LogP contribution in [0.2, 0.25) is 0 Å². The molecule has 1 heterocycles. The average Bonchev–Trinajstić information content (AvgIpc) is 3.24. The second-order valence-electron chi connectivity index (χ2n) is 8.88. The summed E-state index contributed by atoms with van der Waals surface area (Å²) in [5.74, 6) is 0.0542. The van der Waals surface area contributed by atoms with Crippen LogP contribution >= 0.6 is 0 Å². The number of methoxy groups -OCH3 is 1. The van der Waals surface area contributed by atoms with Crippen LogP contribution in [-0.2, 0) is 25.6 Å². The third-order valence-electron chi connectivity index (χ3n) is 6.00. The minimum Gasteiger partial charge on any atom is -0.493 e. The molecule has 0 amide bonds. The van der Waals surface area contributed by atoms with Crippen LogP contribution in [0.5, 0.6) is 5.75 Å². The van der Waals surface area contributed by atoms with Gasteiger partial charge in [-0.05, 0) is 47.2 Å². The number of halogens is 1. The molecular weight excluding hydrogens is 453 g/mol. The minimum absolute atomic E-state index is 0.122. The number of ether oxygens (including phenoxy) is 4. The Bertz CT molecular complexity index is 1020. The third kappa shape index (κ3) is 7.42. The molecule has 188 valence electrons. The van der Waals surface area contributed by atoms with E-state index in [2.05, 4.69) is 10.0 Å². The van der Waals surface area contributed by atoms with Crippen molar-refractivity contribution >= 4 is 5.97 Å². The molecule has 0 N–H and O–H groups in total. The van der Waals surface area contributed by atoms with E-state index < -0.39 is 12.1 Å². The molecule has 0 aliphatic carbocycles. The first-order chi connectivity index (χ1) is 16.9. The molecule has 35 heavy (non-hydrogen) atoms. The summed E-state index contributed by atoms with van der Waals surface area (Å²) in [4.78, 5) is 15.0. The van der Waals surface area contributed by atoms with E-state index in [1.165, 1.54) is 12.1 Å². The summed E-state index contributed by atoms with van der Waals surface area (Å²) in [6.07, 6.45) is 0.743. The summed E-state index contributed by atoms with van der Waals surface area (Å²) in [7, 11) is 1.64. The quantitative estimate of drug-likeness (QED) is 0.119. The molecule has 0 saturated carbocycles. The van der Waals surface area contributed by atoms with Crippen molar-refractivity contribution in [2.45, 2.75) is 45.4 Å². The van der Waals surface area contributed by atoms with Gasteiger partial charge in [0.1, 0.15) is 17.7 Å². The lowest BCUT2D eigenvalue weighted by Gasteiger charge is -2.18. The monoisotopic (exact) mass is 485 g/mol. The fourth-order valence-corrected chi connectivity index (χ4v) is 4.02. The molecule has 2 aromatic carbocycles. The lowest BCUT2D eigenvalue weighted by atomic mass is 9.91. The molecular formula is C26H32FN3O5. The van der Waals surface area contributed by atoms with E-state index in [0.717, 1.165) is 23.1 Å². The van der Waals surface area contributed by atoms with Crippen molar-refractivity contribution in [3.63, 3.8) is 0 Å². The Morgan fingerprint density at radius 1 is 1.20 bits per heavy atom. The highest BCUT2D eigenvalue weighted by molar-refractivity contribution is 5.75. The van der Waals surface area contributed by atoms with Gasteiger partial charge in [-0.25, -0.2) is 4.39 Å². The SMILES string of the molecule is COCCCOc1cc(COCC(N=[N+]=[N-])C2CC(C(C)C)C(=O)O2)ccc1-c1ccc(F)cc1. The van der Waals surface area contributed by atoms with Crippen molar-refractivity contribution in [1.82, 2.24) is 0 Å². The summed E-state index contributed by atoms with van der Waals surface area (Å²) >= 11 is 0. The molecule has 2 aromatic rings. The molecule has 0 aromatic heterocycles. The Morgan fingerprint density at radius 3 is 2.63 bits per heavy atom. The molecule has 0 radical (unpaired) electrons. The molecule has 9 heteroatoms. The van der Waals surface area contributed by atoms with Gasteiger partial charge in [0.2, 0.25) is 0 Å². The normalized spacial score (nSPS) is 18.3. The first-order valence-electron chi connectivity index (χ1n) is 11.8. The maximum absolute atomic E-state index is 13.4. The second kappa shape index (κ2) is 13.1. The molecule has 8 nitrogen and oxygen atoms in total. The topological polar surface area (TPSA) is 103 Å². The molecule has 3 rings (SSSR count). The zero-order valence-electron chi connectivity index (χ0n) is 20.4. The van der Waals surface area contributed by atoms with E-state index >= 15 is 0 Å². The van der Waals surface area contributed by atoms with Crippen molar-refractivity contribution in [3.05, 3.63) is 64.3 Å². The lowest BCUT2D eigenvalue weighted by molar-refractivity contribution is -0.146. The first kappa shape index (κ1) is 26.5. The number of hydrogen-bond acceptors (Lipinski definition) is 6. The molecule has 0 spiro atoms. The van der Waals surface area contributed by atoms with Gasteiger partial charge in [-0.1, -0.05) is 43.2 Å². The molecule has 1 aliphatic rings. The zero-order valence-corrected chi connectivity index (χ0v) is 20.4. The van der Waals surface area contributed by atoms with Gasteiger partial charge >= 0.3 is 5.97 Å². The van der Waals surface area contributed by atoms with Crippen LogP contribution < -0.4 is 4.74 Å². The predicted octanol–water partition coefficient (Wildman–Crippen LogP) is 5.69. The smallest absolute Gasteiger partial charge is 0.309 e. The van der Waals surface area contributed by atoms with Gasteiger partial charge in [0.05, 0.1) is 31.8 Å². The van der Waals surface area contributed by atoms with Crippen LogP contribution in [0.3, 0.4) is 0 Å². The second-order valence-corrected chi connectivity index (χ2v) is 8.88. The Hall–Kier alpha value is -3.13. The van der Waals surface area contributed by atoms with E-state index in [1.807, 2.05) is 32.0 Å². The van der Waals surface area contributed by atoms with Gasteiger partial charge < -0.3 is 18.9 Å². The summed E-state index contributed by atoms with van der Waals surface area (Å²) < 4.78 is 35.8. The van der Waals surface area contributed by atoms with Gasteiger partial charge in [-0.3, -0.25) is 4.79 Å². The number of nitrogens with zero attached hydrogens (tertiary/aromatic N) is 3. The average molecular weight is 486 g/mol. The van der Waals surface area contributed by atoms with Crippen LogP contribution in [0.4, 0.5) is 4.39 Å². The van der Waals surface area contributed by atoms with E-state index in [4.69, 9.17) is 24.5 Å². The number of hydrogen-bond donors (Lipinski definition) is 0. The lowest BCUT2D eigenvalue weighted by Crippen LogP contribution is -2.28. The van der Waals surface area contributed by atoms with Gasteiger partial charge in [0, 0.05) is 30.6 Å². The van der Waals surface area contributed by atoms with Crippen LogP contribution in [0, 0.1) is 17.7 Å². The van der Waals surface area contributed by atoms with Crippen molar-refractivity contribution < 1.29 is 28.1 Å². The molecule has 1 aliphatic heterocycles. The number of carbonyl (C=O) groups is 1. The van der Waals surface area contributed by atoms with Crippen LogP contribution in [0.25, 0.3) is 21.6 Å². The number of cyclic esters (lactones) is 1. The fourth-order valence-electron chi connectivity index (χ4n) is 4.02. The Kier molecular flexibility index (Phi) is 9.90. The summed E-state index contributed by atoms with van der Waals surface area (Å²) in [5.41, 5.74) is 11.5. The Morgan fingerprint density at radius 2 is 1.97 bits per heavy atom. The minimum atomic E-state index is -0.601. The summed E-state index contributed by atoms with van der Waals surface area (Å²) in [6, 6.07) is 11.4. The third-order valence-corrected chi connectivity index (χ3v) is 6.00. The van der Waals surface area contributed by atoms with Crippen LogP contribution in [-0.4, -0.2) is 45.0 Å². The maximum atomic E-state index is 13.4. The summed E-state index contributed by atoms with van der Waals surface area (Å²) in [6.45, 7) is 5.37. The van der Waals surface area contributed by atoms with Crippen molar-refractivity contribution in [2.24, 2.45) is 17.0 Å². The standard InChI is InChI=1S/C26H32FN3O5/c1-17(2)22-14-25(35-26(22)31)23(29-30-28)16-33-15-18-5-10-21(19-6-8-20(27)9-7-19)24(13-18)34-12-4-11-32-3/h5-10,13,17,22-23,25H,4,11-12,14-16H2,1-3H3. The maximum Gasteiger partial charge on any atom is 0.309 e. The highest BCUT2D eigenvalue weighted by Gasteiger charge is 2.40. The highest BCUT2D eigenvalue weighted by Crippen LogP contribution is 2.33. The Balaban J connectivity index is 1.67. The molecule has 3 atom stereocenters. The molecule has 1 saturated heterocycles. The largest absolute Gasteiger partial charge is 0.493 e.